The molecule has 2 heterocycles. The molecule has 1 amide bonds. The Kier molecular flexibility index (Phi) is 4.41. The van der Waals surface area contributed by atoms with Crippen molar-refractivity contribution in [1.29, 1.82) is 0 Å². The minimum atomic E-state index is -0.372. The second kappa shape index (κ2) is 7.01. The van der Waals surface area contributed by atoms with E-state index in [1.165, 1.54) is 6.20 Å². The van der Waals surface area contributed by atoms with Crippen molar-refractivity contribution in [2.24, 2.45) is 0 Å². The summed E-state index contributed by atoms with van der Waals surface area (Å²) >= 11 is 3.41. The lowest BCUT2D eigenvalue weighted by Gasteiger charge is -2.10. The zero-order valence-corrected chi connectivity index (χ0v) is 15.1. The highest BCUT2D eigenvalue weighted by atomic mass is 79.9. The van der Waals surface area contributed by atoms with Gasteiger partial charge in [-0.2, -0.15) is 0 Å². The van der Waals surface area contributed by atoms with Gasteiger partial charge in [-0.15, -0.1) is 0 Å². The largest absolute Gasteiger partial charge is 0.455 e. The van der Waals surface area contributed by atoms with Gasteiger partial charge in [0.05, 0.1) is 6.20 Å². The predicted molar refractivity (Wildman–Crippen MR) is 103 cm³/mol. The molecule has 0 unspecified atom stereocenters. The van der Waals surface area contributed by atoms with E-state index in [1.807, 2.05) is 48.5 Å². The van der Waals surface area contributed by atoms with Crippen LogP contribution in [0.15, 0.2) is 81.9 Å². The standard InChI is InChI=1S/C20H13BrN2O3/c21-14-6-7-17-13(10-14)11-19(26-17)20(24)23-16-12-22-9-8-18(16)25-15-4-2-1-3-5-15/h1-12H,(H,23,24). The smallest absolute Gasteiger partial charge is 0.291 e. The first-order valence-electron chi connectivity index (χ1n) is 7.86. The van der Waals surface area contributed by atoms with Crippen molar-refractivity contribution in [2.75, 3.05) is 5.32 Å². The van der Waals surface area contributed by atoms with Crippen LogP contribution in [0.1, 0.15) is 10.6 Å². The molecule has 5 nitrogen and oxygen atoms in total. The van der Waals surface area contributed by atoms with Crippen LogP contribution in [0.25, 0.3) is 11.0 Å². The van der Waals surface area contributed by atoms with Crippen molar-refractivity contribution in [3.05, 3.63) is 83.3 Å². The molecule has 0 atom stereocenters. The fourth-order valence-electron chi connectivity index (χ4n) is 2.49. The molecular weight excluding hydrogens is 396 g/mol. The van der Waals surface area contributed by atoms with Crippen LogP contribution in [-0.2, 0) is 0 Å². The molecule has 0 spiro atoms. The molecule has 128 valence electrons. The fourth-order valence-corrected chi connectivity index (χ4v) is 2.87. The average Bonchev–Trinajstić information content (AvgIpc) is 3.07. The van der Waals surface area contributed by atoms with E-state index >= 15 is 0 Å². The summed E-state index contributed by atoms with van der Waals surface area (Å²) in [7, 11) is 0. The van der Waals surface area contributed by atoms with Crippen LogP contribution in [0.2, 0.25) is 0 Å². The summed E-state index contributed by atoms with van der Waals surface area (Å²) in [6, 6.07) is 18.3. The van der Waals surface area contributed by atoms with Crippen LogP contribution < -0.4 is 10.1 Å². The Morgan fingerprint density at radius 3 is 2.77 bits per heavy atom. The lowest BCUT2D eigenvalue weighted by atomic mass is 10.2. The zero-order valence-electron chi connectivity index (χ0n) is 13.5. The highest BCUT2D eigenvalue weighted by molar-refractivity contribution is 9.10. The highest BCUT2D eigenvalue weighted by Crippen LogP contribution is 2.29. The van der Waals surface area contributed by atoms with Gasteiger partial charge >= 0.3 is 0 Å². The third-order valence-electron chi connectivity index (χ3n) is 3.70. The number of hydrogen-bond donors (Lipinski definition) is 1. The summed E-state index contributed by atoms with van der Waals surface area (Å²) in [5, 5.41) is 3.63. The molecule has 4 aromatic rings. The monoisotopic (exact) mass is 408 g/mol. The Bertz CT molecular complexity index is 1080. The van der Waals surface area contributed by atoms with Crippen molar-refractivity contribution in [2.45, 2.75) is 0 Å². The first-order valence-corrected chi connectivity index (χ1v) is 8.66. The predicted octanol–water partition coefficient (Wildman–Crippen LogP) is 5.63. The van der Waals surface area contributed by atoms with Crippen molar-refractivity contribution in [3.8, 4) is 11.5 Å². The van der Waals surface area contributed by atoms with Gasteiger partial charge in [0.2, 0.25) is 0 Å². The molecular formula is C20H13BrN2O3. The molecule has 2 aromatic carbocycles. The third kappa shape index (κ3) is 3.45. The average molecular weight is 409 g/mol. The second-order valence-corrected chi connectivity index (χ2v) is 6.45. The Morgan fingerprint density at radius 2 is 1.92 bits per heavy atom. The molecule has 0 aliphatic rings. The number of pyridine rings is 1. The van der Waals surface area contributed by atoms with E-state index in [-0.39, 0.29) is 11.7 Å². The normalized spacial score (nSPS) is 10.7. The number of rotatable bonds is 4. The molecule has 26 heavy (non-hydrogen) atoms. The number of carbonyl (C=O) groups excluding carboxylic acids is 1. The van der Waals surface area contributed by atoms with Gasteiger partial charge < -0.3 is 14.5 Å². The van der Waals surface area contributed by atoms with E-state index in [0.29, 0.717) is 22.8 Å². The van der Waals surface area contributed by atoms with E-state index in [4.69, 9.17) is 9.15 Å². The summed E-state index contributed by atoms with van der Waals surface area (Å²) in [6.45, 7) is 0. The summed E-state index contributed by atoms with van der Waals surface area (Å²) in [4.78, 5) is 16.6. The number of amides is 1. The summed E-state index contributed by atoms with van der Waals surface area (Å²) in [5.41, 5.74) is 1.10. The van der Waals surface area contributed by atoms with Gasteiger partial charge in [-0.1, -0.05) is 34.1 Å². The lowest BCUT2D eigenvalue weighted by molar-refractivity contribution is 0.0998. The van der Waals surface area contributed by atoms with Gasteiger partial charge in [-0.05, 0) is 36.4 Å². The fraction of sp³-hybridized carbons (Fsp3) is 0. The zero-order chi connectivity index (χ0) is 17.9. The maximum absolute atomic E-state index is 12.6. The number of carbonyl (C=O) groups is 1. The minimum absolute atomic E-state index is 0.215. The number of para-hydroxylation sites is 1. The highest BCUT2D eigenvalue weighted by Gasteiger charge is 2.15. The van der Waals surface area contributed by atoms with Gasteiger partial charge in [0.25, 0.3) is 5.91 Å². The summed E-state index contributed by atoms with van der Waals surface area (Å²) < 4.78 is 12.4. The number of aromatic nitrogens is 1. The molecule has 2 aromatic heterocycles. The van der Waals surface area contributed by atoms with Crippen molar-refractivity contribution < 1.29 is 13.9 Å². The molecule has 0 aliphatic carbocycles. The van der Waals surface area contributed by atoms with E-state index in [9.17, 15) is 4.79 Å². The van der Waals surface area contributed by atoms with E-state index < -0.39 is 0 Å². The molecule has 0 aliphatic heterocycles. The number of nitrogens with zero attached hydrogens (tertiary/aromatic N) is 1. The number of benzene rings is 2. The van der Waals surface area contributed by atoms with Gasteiger partial charge in [0, 0.05) is 22.1 Å². The van der Waals surface area contributed by atoms with Crippen LogP contribution in [0, 0.1) is 0 Å². The minimum Gasteiger partial charge on any atom is -0.455 e. The van der Waals surface area contributed by atoms with Crippen LogP contribution in [0.3, 0.4) is 0 Å². The number of fused-ring (bicyclic) bond motifs is 1. The topological polar surface area (TPSA) is 64.4 Å². The van der Waals surface area contributed by atoms with Crippen molar-refractivity contribution in [3.63, 3.8) is 0 Å². The maximum Gasteiger partial charge on any atom is 0.291 e. The van der Waals surface area contributed by atoms with Crippen LogP contribution in [0.5, 0.6) is 11.5 Å². The van der Waals surface area contributed by atoms with E-state index in [2.05, 4.69) is 26.2 Å². The summed E-state index contributed by atoms with van der Waals surface area (Å²) in [6.07, 6.45) is 3.14. The Morgan fingerprint density at radius 1 is 1.08 bits per heavy atom. The van der Waals surface area contributed by atoms with E-state index in [0.717, 1.165) is 9.86 Å². The molecule has 0 fully saturated rings. The first kappa shape index (κ1) is 16.4. The van der Waals surface area contributed by atoms with Gasteiger partial charge in [0.15, 0.2) is 11.5 Å². The van der Waals surface area contributed by atoms with Crippen LogP contribution in [0.4, 0.5) is 5.69 Å². The molecule has 1 N–H and O–H groups in total. The molecule has 0 saturated heterocycles. The van der Waals surface area contributed by atoms with Gasteiger partial charge in [-0.3, -0.25) is 9.78 Å². The SMILES string of the molecule is O=C(Nc1cnccc1Oc1ccccc1)c1cc2cc(Br)ccc2o1. The first-order chi connectivity index (χ1) is 12.7. The molecule has 4 rings (SSSR count). The summed E-state index contributed by atoms with van der Waals surface area (Å²) in [5.74, 6) is 1.01. The molecule has 6 heteroatoms. The van der Waals surface area contributed by atoms with Crippen molar-refractivity contribution in [1.82, 2.24) is 4.98 Å². The Labute approximate surface area is 157 Å². The van der Waals surface area contributed by atoms with Crippen molar-refractivity contribution >= 4 is 38.5 Å². The Hall–Kier alpha value is -3.12. The van der Waals surface area contributed by atoms with Crippen LogP contribution >= 0.6 is 15.9 Å². The van der Waals surface area contributed by atoms with Crippen LogP contribution in [-0.4, -0.2) is 10.9 Å². The maximum atomic E-state index is 12.6. The number of anilines is 1. The third-order valence-corrected chi connectivity index (χ3v) is 4.20. The number of hydrogen-bond acceptors (Lipinski definition) is 4. The number of furan rings is 1. The molecule has 0 radical (unpaired) electrons. The second-order valence-electron chi connectivity index (χ2n) is 5.53. The van der Waals surface area contributed by atoms with Gasteiger partial charge in [-0.25, -0.2) is 0 Å². The number of nitrogens with one attached hydrogen (secondary N) is 1. The van der Waals surface area contributed by atoms with Gasteiger partial charge in [0.1, 0.15) is 17.0 Å². The number of ether oxygens (including phenoxy) is 1. The molecule has 0 bridgehead atoms. The van der Waals surface area contributed by atoms with E-state index in [1.54, 1.807) is 18.3 Å². The Balaban J connectivity index is 1.59. The lowest BCUT2D eigenvalue weighted by Crippen LogP contribution is -2.11. The number of halogens is 1. The molecule has 0 saturated carbocycles. The quantitative estimate of drug-likeness (QED) is 0.474.